The van der Waals surface area contributed by atoms with Crippen molar-refractivity contribution < 1.29 is 13.9 Å². The highest BCUT2D eigenvalue weighted by Crippen LogP contribution is 2.29. The Morgan fingerprint density at radius 3 is 2.60 bits per heavy atom. The number of nitrogens with zero attached hydrogens (tertiary/aromatic N) is 2. The van der Waals surface area contributed by atoms with Crippen LogP contribution >= 0.6 is 0 Å². The molecule has 0 unspecified atom stereocenters. The molecule has 0 bridgehead atoms. The van der Waals surface area contributed by atoms with Crippen LogP contribution in [0.1, 0.15) is 30.9 Å². The average Bonchev–Trinajstić information content (AvgIpc) is 2.97. The van der Waals surface area contributed by atoms with Crippen molar-refractivity contribution in [2.75, 3.05) is 13.1 Å². The Morgan fingerprint density at radius 2 is 1.90 bits per heavy atom. The van der Waals surface area contributed by atoms with Gasteiger partial charge in [0.25, 0.3) is 5.91 Å². The number of ether oxygens (including phenoxy) is 1. The van der Waals surface area contributed by atoms with Crippen molar-refractivity contribution in [1.82, 2.24) is 4.90 Å². The summed E-state index contributed by atoms with van der Waals surface area (Å²) in [6, 6.07) is 5.49. The molecule has 3 rings (SSSR count). The minimum Gasteiger partial charge on any atom is -0.473 e. The maximum Gasteiger partial charge on any atom is 0.251 e. The highest BCUT2D eigenvalue weighted by atomic mass is 19.1. The van der Waals surface area contributed by atoms with Crippen molar-refractivity contribution >= 4 is 12.3 Å². The van der Waals surface area contributed by atoms with Crippen LogP contribution in [0.25, 0.3) is 0 Å². The number of rotatable bonds is 2. The van der Waals surface area contributed by atoms with Gasteiger partial charge >= 0.3 is 0 Å². The molecule has 106 valence electrons. The van der Waals surface area contributed by atoms with Gasteiger partial charge in [-0.25, -0.2) is 9.38 Å². The lowest BCUT2D eigenvalue weighted by Crippen LogP contribution is -2.42. The predicted octanol–water partition coefficient (Wildman–Crippen LogP) is 2.31. The largest absolute Gasteiger partial charge is 0.473 e. The van der Waals surface area contributed by atoms with Gasteiger partial charge in [0.05, 0.1) is 0 Å². The zero-order valence-electron chi connectivity index (χ0n) is 11.2. The molecule has 1 amide bonds. The number of hydrogen-bond donors (Lipinski definition) is 0. The highest BCUT2D eigenvalue weighted by molar-refractivity contribution is 5.85. The van der Waals surface area contributed by atoms with Crippen molar-refractivity contribution in [1.29, 1.82) is 0 Å². The van der Waals surface area contributed by atoms with Crippen LogP contribution in [0.15, 0.2) is 29.3 Å². The Morgan fingerprint density at radius 1 is 1.20 bits per heavy atom. The summed E-state index contributed by atoms with van der Waals surface area (Å²) < 4.78 is 18.4. The maximum atomic E-state index is 13.0. The van der Waals surface area contributed by atoms with Gasteiger partial charge < -0.3 is 9.64 Å². The van der Waals surface area contributed by atoms with Crippen molar-refractivity contribution in [3.8, 4) is 0 Å². The van der Waals surface area contributed by atoms with Gasteiger partial charge in [-0.05, 0) is 37.0 Å². The number of halogens is 1. The summed E-state index contributed by atoms with van der Waals surface area (Å²) in [5.41, 5.74) is 0.777. The molecular formula is C15H17FN2O2. The lowest BCUT2D eigenvalue weighted by atomic mass is 10.0. The van der Waals surface area contributed by atoms with E-state index >= 15 is 0 Å². The zero-order valence-corrected chi connectivity index (χ0v) is 11.2. The van der Waals surface area contributed by atoms with E-state index in [4.69, 9.17) is 4.74 Å². The molecule has 2 aliphatic heterocycles. The number of aliphatic imine (C=N–C) groups is 1. The van der Waals surface area contributed by atoms with E-state index in [-0.39, 0.29) is 11.7 Å². The Hall–Kier alpha value is -1.91. The molecule has 0 spiro atoms. The summed E-state index contributed by atoms with van der Waals surface area (Å²) in [7, 11) is 0. The Balaban J connectivity index is 1.75. The van der Waals surface area contributed by atoms with E-state index in [0.717, 1.165) is 31.5 Å². The van der Waals surface area contributed by atoms with E-state index < -0.39 is 12.1 Å². The number of amides is 1. The van der Waals surface area contributed by atoms with Gasteiger partial charge in [0.2, 0.25) is 0 Å². The fourth-order valence-corrected chi connectivity index (χ4v) is 2.73. The summed E-state index contributed by atoms with van der Waals surface area (Å²) >= 11 is 0. The predicted molar refractivity (Wildman–Crippen MR) is 72.9 cm³/mol. The quantitative estimate of drug-likeness (QED) is 0.831. The van der Waals surface area contributed by atoms with Crippen molar-refractivity contribution in [3.63, 3.8) is 0 Å². The summed E-state index contributed by atoms with van der Waals surface area (Å²) in [5.74, 6) is -0.292. The highest BCUT2D eigenvalue weighted by Gasteiger charge is 2.36. The van der Waals surface area contributed by atoms with E-state index in [9.17, 15) is 9.18 Å². The van der Waals surface area contributed by atoms with Gasteiger partial charge in [0.1, 0.15) is 5.82 Å². The minimum atomic E-state index is -0.543. The fourth-order valence-electron chi connectivity index (χ4n) is 2.73. The van der Waals surface area contributed by atoms with Crippen molar-refractivity contribution in [3.05, 3.63) is 35.6 Å². The third kappa shape index (κ3) is 2.53. The monoisotopic (exact) mass is 276 g/mol. The molecule has 1 saturated heterocycles. The molecule has 1 fully saturated rings. The molecule has 20 heavy (non-hydrogen) atoms. The number of likely N-dealkylation sites (tertiary alicyclic amines) is 1. The zero-order chi connectivity index (χ0) is 13.9. The van der Waals surface area contributed by atoms with E-state index in [2.05, 4.69) is 4.99 Å². The number of carbonyl (C=O) groups is 1. The second kappa shape index (κ2) is 5.61. The minimum absolute atomic E-state index is 0.00720. The second-order valence-electron chi connectivity index (χ2n) is 5.19. The fraction of sp³-hybridized carbons (Fsp3) is 0.467. The van der Waals surface area contributed by atoms with E-state index in [1.54, 1.807) is 12.1 Å². The van der Waals surface area contributed by atoms with Gasteiger partial charge in [0, 0.05) is 13.1 Å². The van der Waals surface area contributed by atoms with E-state index in [0.29, 0.717) is 0 Å². The van der Waals surface area contributed by atoms with Gasteiger partial charge in [-0.1, -0.05) is 12.1 Å². The van der Waals surface area contributed by atoms with Crippen LogP contribution in [-0.4, -0.2) is 36.3 Å². The molecule has 2 atom stereocenters. The molecule has 0 aliphatic carbocycles. The lowest BCUT2D eigenvalue weighted by Gasteiger charge is -2.29. The molecule has 2 heterocycles. The molecule has 2 aliphatic rings. The molecule has 0 radical (unpaired) electrons. The molecular weight excluding hydrogens is 259 g/mol. The third-order valence-electron chi connectivity index (χ3n) is 3.83. The standard InChI is InChI=1S/C15H17FN2O2/c16-12-6-4-11(5-7-12)14-13(17-10-20-14)15(19)18-8-2-1-3-9-18/h4-7,10,13-14H,1-3,8-9H2/t13-,14+/m1/s1. The second-order valence-corrected chi connectivity index (χ2v) is 5.19. The van der Waals surface area contributed by atoms with Crippen LogP contribution in [0.2, 0.25) is 0 Å². The first-order chi connectivity index (χ1) is 9.75. The van der Waals surface area contributed by atoms with Crippen LogP contribution in [0.5, 0.6) is 0 Å². The molecule has 5 heteroatoms. The average molecular weight is 276 g/mol. The van der Waals surface area contributed by atoms with Crippen LogP contribution < -0.4 is 0 Å². The number of benzene rings is 1. The summed E-state index contributed by atoms with van der Waals surface area (Å²) in [4.78, 5) is 18.5. The molecule has 0 aromatic heterocycles. The first-order valence-corrected chi connectivity index (χ1v) is 6.97. The lowest BCUT2D eigenvalue weighted by molar-refractivity contribution is -0.135. The number of carbonyl (C=O) groups excluding carboxylic acids is 1. The number of piperidine rings is 1. The molecule has 1 aromatic carbocycles. The van der Waals surface area contributed by atoms with E-state index in [1.807, 2.05) is 4.90 Å². The van der Waals surface area contributed by atoms with Crippen LogP contribution in [0.4, 0.5) is 4.39 Å². The Labute approximate surface area is 117 Å². The van der Waals surface area contributed by atoms with E-state index in [1.165, 1.54) is 25.0 Å². The first kappa shape index (κ1) is 13.1. The smallest absolute Gasteiger partial charge is 0.251 e. The first-order valence-electron chi connectivity index (χ1n) is 6.97. The van der Waals surface area contributed by atoms with Gasteiger partial charge in [-0.2, -0.15) is 0 Å². The molecule has 1 aromatic rings. The van der Waals surface area contributed by atoms with Crippen LogP contribution in [-0.2, 0) is 9.53 Å². The van der Waals surface area contributed by atoms with Crippen molar-refractivity contribution in [2.45, 2.75) is 31.4 Å². The third-order valence-corrected chi connectivity index (χ3v) is 3.83. The van der Waals surface area contributed by atoms with Crippen LogP contribution in [0.3, 0.4) is 0 Å². The topological polar surface area (TPSA) is 41.9 Å². The van der Waals surface area contributed by atoms with Crippen LogP contribution in [0, 0.1) is 5.82 Å². The van der Waals surface area contributed by atoms with Gasteiger partial charge in [0.15, 0.2) is 18.5 Å². The Bertz CT molecular complexity index is 509. The van der Waals surface area contributed by atoms with Gasteiger partial charge in [-0.3, -0.25) is 4.79 Å². The normalized spacial score (nSPS) is 25.6. The molecule has 0 saturated carbocycles. The molecule has 0 N–H and O–H groups in total. The molecule has 4 nitrogen and oxygen atoms in total. The summed E-state index contributed by atoms with van der Waals surface area (Å²) in [5, 5.41) is 0. The maximum absolute atomic E-state index is 13.0. The van der Waals surface area contributed by atoms with Gasteiger partial charge in [-0.15, -0.1) is 0 Å². The SMILES string of the molecule is O=C([C@@H]1N=CO[C@H]1c1ccc(F)cc1)N1CCCCC1. The van der Waals surface area contributed by atoms with Crippen molar-refractivity contribution in [2.24, 2.45) is 4.99 Å². The Kier molecular flexibility index (Phi) is 3.67. The summed E-state index contributed by atoms with van der Waals surface area (Å²) in [6.07, 6.45) is 4.16. The summed E-state index contributed by atoms with van der Waals surface area (Å²) in [6.45, 7) is 1.59. The number of hydrogen-bond acceptors (Lipinski definition) is 3.